The van der Waals surface area contributed by atoms with Gasteiger partial charge in [-0.25, -0.2) is 4.99 Å². The molecule has 4 nitrogen and oxygen atoms in total. The van der Waals surface area contributed by atoms with Gasteiger partial charge < -0.3 is 13.9 Å². The van der Waals surface area contributed by atoms with Gasteiger partial charge in [0.25, 0.3) is 0 Å². The summed E-state index contributed by atoms with van der Waals surface area (Å²) in [5, 5.41) is 4.54. The first-order chi connectivity index (χ1) is 19.3. The second-order valence-corrected chi connectivity index (χ2v) is 10.1. The van der Waals surface area contributed by atoms with Gasteiger partial charge in [-0.05, 0) is 71.8 Å². The highest BCUT2D eigenvalue weighted by atomic mass is 16.3. The largest absolute Gasteiger partial charge is 0.455 e. The molecule has 0 fully saturated rings. The van der Waals surface area contributed by atoms with E-state index in [4.69, 9.17) is 9.41 Å². The fourth-order valence-corrected chi connectivity index (χ4v) is 5.95. The van der Waals surface area contributed by atoms with E-state index in [2.05, 4.69) is 132 Å². The Balaban J connectivity index is 1.46. The minimum atomic E-state index is 0.847. The van der Waals surface area contributed by atoms with Crippen LogP contribution in [0.4, 0.5) is 0 Å². The average Bonchev–Trinajstić information content (AvgIpc) is 3.53. The number of para-hydroxylation sites is 1. The summed E-state index contributed by atoms with van der Waals surface area (Å²) in [6, 6.07) is 38.7. The lowest BCUT2D eigenvalue weighted by Gasteiger charge is -2.22. The summed E-state index contributed by atoms with van der Waals surface area (Å²) in [5.41, 5.74) is 8.70. The highest BCUT2D eigenvalue weighted by Crippen LogP contribution is 2.41. The van der Waals surface area contributed by atoms with Gasteiger partial charge in [0, 0.05) is 47.2 Å². The van der Waals surface area contributed by atoms with Crippen LogP contribution in [-0.4, -0.2) is 28.9 Å². The molecule has 186 valence electrons. The van der Waals surface area contributed by atoms with E-state index in [1.165, 1.54) is 11.1 Å². The molecule has 8 rings (SSSR count). The standard InChI is InChI=1S/C35H25N3O/c1-37-20-8-19-36-35(37)25-13-16-30-29(22-25)33-31(38(30)26-11-6-3-7-12-26)17-15-27-28-21-24(23-9-4-2-5-10-23)14-18-32(28)39-34(27)33/h2-19,21-22H,20H2,1H3. The van der Waals surface area contributed by atoms with Crippen LogP contribution in [0, 0.1) is 0 Å². The Morgan fingerprint density at radius 2 is 1.41 bits per heavy atom. The Bertz CT molecular complexity index is 2100. The van der Waals surface area contributed by atoms with Gasteiger partial charge >= 0.3 is 0 Å². The van der Waals surface area contributed by atoms with Gasteiger partial charge in [0.05, 0.1) is 16.4 Å². The molecule has 7 aromatic rings. The molecule has 0 saturated heterocycles. The third kappa shape index (κ3) is 3.35. The number of fused-ring (bicyclic) bond motifs is 7. The third-order valence-electron chi connectivity index (χ3n) is 7.79. The van der Waals surface area contributed by atoms with Crippen molar-refractivity contribution in [3.05, 3.63) is 127 Å². The molecule has 1 aliphatic rings. The SMILES string of the molecule is CN1CC=CN=C1c1ccc2c(c1)c1c3oc4ccc(-c5ccccc5)cc4c3ccc1n2-c1ccccc1. The molecule has 0 unspecified atom stereocenters. The van der Waals surface area contributed by atoms with Gasteiger partial charge in [0.1, 0.15) is 17.0 Å². The van der Waals surface area contributed by atoms with Gasteiger partial charge in [-0.15, -0.1) is 0 Å². The van der Waals surface area contributed by atoms with Gasteiger partial charge in [-0.3, -0.25) is 0 Å². The predicted octanol–water partition coefficient (Wildman–Crippen LogP) is 8.56. The molecule has 0 amide bonds. The molecule has 1 aliphatic heterocycles. The number of amidine groups is 1. The lowest BCUT2D eigenvalue weighted by atomic mass is 10.0. The van der Waals surface area contributed by atoms with Crippen LogP contribution < -0.4 is 0 Å². The number of likely N-dealkylation sites (N-methyl/N-ethyl adjacent to an activating group) is 1. The minimum absolute atomic E-state index is 0.847. The van der Waals surface area contributed by atoms with Crippen molar-refractivity contribution >= 4 is 49.6 Å². The van der Waals surface area contributed by atoms with E-state index in [1.807, 2.05) is 6.20 Å². The average molecular weight is 504 g/mol. The summed E-state index contributed by atoms with van der Waals surface area (Å²) >= 11 is 0. The maximum absolute atomic E-state index is 6.66. The summed E-state index contributed by atoms with van der Waals surface area (Å²) in [4.78, 5) is 6.88. The second-order valence-electron chi connectivity index (χ2n) is 10.1. The van der Waals surface area contributed by atoms with Crippen LogP contribution in [0.1, 0.15) is 5.56 Å². The lowest BCUT2D eigenvalue weighted by Crippen LogP contribution is -2.29. The normalized spacial score (nSPS) is 13.7. The van der Waals surface area contributed by atoms with E-state index in [0.29, 0.717) is 0 Å². The Labute approximate surface area is 225 Å². The molecular formula is C35H25N3O. The van der Waals surface area contributed by atoms with E-state index in [1.54, 1.807) is 0 Å². The summed E-state index contributed by atoms with van der Waals surface area (Å²) in [7, 11) is 2.08. The molecule has 3 heterocycles. The molecule has 0 bridgehead atoms. The predicted molar refractivity (Wildman–Crippen MR) is 162 cm³/mol. The molecule has 39 heavy (non-hydrogen) atoms. The first-order valence-corrected chi connectivity index (χ1v) is 13.2. The van der Waals surface area contributed by atoms with Crippen LogP contribution >= 0.6 is 0 Å². The molecule has 0 atom stereocenters. The zero-order valence-electron chi connectivity index (χ0n) is 21.5. The first-order valence-electron chi connectivity index (χ1n) is 13.2. The Morgan fingerprint density at radius 1 is 0.667 bits per heavy atom. The maximum Gasteiger partial charge on any atom is 0.145 e. The number of hydrogen-bond acceptors (Lipinski definition) is 3. The number of furan rings is 1. The Morgan fingerprint density at radius 3 is 2.23 bits per heavy atom. The van der Waals surface area contributed by atoms with Crippen LogP contribution in [0.15, 0.2) is 131 Å². The Kier molecular flexibility index (Phi) is 4.76. The van der Waals surface area contributed by atoms with Crippen molar-refractivity contribution < 1.29 is 4.42 Å². The maximum atomic E-state index is 6.66. The molecule has 0 saturated carbocycles. The Hall–Kier alpha value is -5.09. The summed E-state index contributed by atoms with van der Waals surface area (Å²) in [5.74, 6) is 0.976. The topological polar surface area (TPSA) is 33.7 Å². The quantitative estimate of drug-likeness (QED) is 0.242. The van der Waals surface area contributed by atoms with E-state index >= 15 is 0 Å². The minimum Gasteiger partial charge on any atom is -0.455 e. The van der Waals surface area contributed by atoms with Crippen molar-refractivity contribution in [3.8, 4) is 16.8 Å². The van der Waals surface area contributed by atoms with Crippen LogP contribution in [0.5, 0.6) is 0 Å². The van der Waals surface area contributed by atoms with Gasteiger partial charge in [0.15, 0.2) is 0 Å². The highest BCUT2D eigenvalue weighted by Gasteiger charge is 2.21. The molecule has 0 spiro atoms. The summed E-state index contributed by atoms with van der Waals surface area (Å²) in [6.45, 7) is 0.847. The van der Waals surface area contributed by atoms with Crippen molar-refractivity contribution in [2.45, 2.75) is 0 Å². The number of rotatable bonds is 3. The van der Waals surface area contributed by atoms with Crippen molar-refractivity contribution in [2.24, 2.45) is 4.99 Å². The van der Waals surface area contributed by atoms with Crippen LogP contribution in [-0.2, 0) is 0 Å². The fraction of sp³-hybridized carbons (Fsp3) is 0.0571. The zero-order chi connectivity index (χ0) is 25.9. The molecule has 0 aliphatic carbocycles. The molecule has 4 heteroatoms. The number of nitrogens with zero attached hydrogens (tertiary/aromatic N) is 3. The summed E-state index contributed by atoms with van der Waals surface area (Å²) < 4.78 is 8.99. The molecule has 0 N–H and O–H groups in total. The fourth-order valence-electron chi connectivity index (χ4n) is 5.95. The second kappa shape index (κ2) is 8.47. The number of aromatic nitrogens is 1. The lowest BCUT2D eigenvalue weighted by molar-refractivity contribution is 0.557. The van der Waals surface area contributed by atoms with Crippen LogP contribution in [0.3, 0.4) is 0 Å². The van der Waals surface area contributed by atoms with Gasteiger partial charge in [0.2, 0.25) is 0 Å². The van der Waals surface area contributed by atoms with Gasteiger partial charge in [-0.2, -0.15) is 0 Å². The van der Waals surface area contributed by atoms with E-state index in [-0.39, 0.29) is 0 Å². The molecule has 5 aromatic carbocycles. The van der Waals surface area contributed by atoms with Crippen molar-refractivity contribution in [1.29, 1.82) is 0 Å². The number of hydrogen-bond donors (Lipinski definition) is 0. The van der Waals surface area contributed by atoms with E-state index in [9.17, 15) is 0 Å². The van der Waals surface area contributed by atoms with E-state index in [0.717, 1.165) is 67.4 Å². The van der Waals surface area contributed by atoms with E-state index < -0.39 is 0 Å². The van der Waals surface area contributed by atoms with Gasteiger partial charge in [-0.1, -0.05) is 54.6 Å². The van der Waals surface area contributed by atoms with Crippen molar-refractivity contribution in [3.63, 3.8) is 0 Å². The number of benzene rings is 5. The van der Waals surface area contributed by atoms with Crippen LogP contribution in [0.25, 0.3) is 60.6 Å². The number of aliphatic imine (C=N–C) groups is 1. The first kappa shape index (κ1) is 21.9. The molecular weight excluding hydrogens is 478 g/mol. The highest BCUT2D eigenvalue weighted by molar-refractivity contribution is 6.24. The summed E-state index contributed by atoms with van der Waals surface area (Å²) in [6.07, 6.45) is 3.97. The molecule has 2 aromatic heterocycles. The molecule has 0 radical (unpaired) electrons. The van der Waals surface area contributed by atoms with Crippen LogP contribution in [0.2, 0.25) is 0 Å². The monoisotopic (exact) mass is 503 g/mol. The van der Waals surface area contributed by atoms with Crippen molar-refractivity contribution in [2.75, 3.05) is 13.6 Å². The smallest absolute Gasteiger partial charge is 0.145 e. The van der Waals surface area contributed by atoms with Crippen molar-refractivity contribution in [1.82, 2.24) is 9.47 Å². The third-order valence-corrected chi connectivity index (χ3v) is 7.79. The zero-order valence-corrected chi connectivity index (χ0v) is 21.5.